The molecule has 1 unspecified atom stereocenters. The van der Waals surface area contributed by atoms with E-state index >= 15 is 0 Å². The van der Waals surface area contributed by atoms with Gasteiger partial charge in [0.15, 0.2) is 23.0 Å². The van der Waals surface area contributed by atoms with Gasteiger partial charge in [-0.3, -0.25) is 0 Å². The minimum atomic E-state index is -0.249. The second-order valence-electron chi connectivity index (χ2n) is 5.39. The molecule has 0 aliphatic heterocycles. The maximum atomic E-state index is 10.1. The molecule has 2 rings (SSSR count). The van der Waals surface area contributed by atoms with Gasteiger partial charge in [-0.05, 0) is 35.4 Å². The number of benzene rings is 2. The molecular formula is C19H24O6. The predicted molar refractivity (Wildman–Crippen MR) is 94.2 cm³/mol. The third-order valence-electron chi connectivity index (χ3n) is 4.03. The lowest BCUT2D eigenvalue weighted by molar-refractivity contribution is 0.103. The van der Waals surface area contributed by atoms with Crippen LogP contribution in [0.25, 0.3) is 0 Å². The highest BCUT2D eigenvalue weighted by Gasteiger charge is 2.19. The van der Waals surface area contributed by atoms with Crippen LogP contribution in [0.15, 0.2) is 30.3 Å². The van der Waals surface area contributed by atoms with Gasteiger partial charge in [-0.15, -0.1) is 0 Å². The van der Waals surface area contributed by atoms with Gasteiger partial charge in [0.25, 0.3) is 0 Å². The largest absolute Gasteiger partial charge is 0.502 e. The average Bonchev–Trinajstić information content (AvgIpc) is 2.66. The molecule has 0 fully saturated rings. The number of ether oxygens (including phenoxy) is 5. The first-order valence-electron chi connectivity index (χ1n) is 7.76. The zero-order valence-electron chi connectivity index (χ0n) is 15.2. The number of methoxy groups -OCH3 is 5. The monoisotopic (exact) mass is 348 g/mol. The number of phenolic OH excluding ortho intramolecular Hbond substituents is 1. The summed E-state index contributed by atoms with van der Waals surface area (Å²) in [6, 6.07) is 9.22. The summed E-state index contributed by atoms with van der Waals surface area (Å²) in [6.45, 7) is 0. The molecule has 1 N–H and O–H groups in total. The van der Waals surface area contributed by atoms with Crippen molar-refractivity contribution in [2.24, 2.45) is 0 Å². The summed E-state index contributed by atoms with van der Waals surface area (Å²) in [5, 5.41) is 10.1. The van der Waals surface area contributed by atoms with Crippen LogP contribution in [0.3, 0.4) is 0 Å². The van der Waals surface area contributed by atoms with E-state index < -0.39 is 0 Å². The molecule has 2 aromatic carbocycles. The zero-order valence-corrected chi connectivity index (χ0v) is 15.2. The summed E-state index contributed by atoms with van der Waals surface area (Å²) in [7, 11) is 7.83. The van der Waals surface area contributed by atoms with Crippen LogP contribution in [0.5, 0.6) is 28.7 Å². The molecule has 0 heterocycles. The lowest BCUT2D eigenvalue weighted by Gasteiger charge is -2.19. The van der Waals surface area contributed by atoms with Crippen LogP contribution in [0, 0.1) is 0 Å². The van der Waals surface area contributed by atoms with Crippen molar-refractivity contribution in [1.29, 1.82) is 0 Å². The SMILES string of the molecule is COc1ccc(CC(OC)c2cc(OC)c(O)c(OC)c2)cc1OC. The Kier molecular flexibility index (Phi) is 6.36. The first-order chi connectivity index (χ1) is 12.1. The van der Waals surface area contributed by atoms with Crippen molar-refractivity contribution in [2.75, 3.05) is 35.5 Å². The first kappa shape index (κ1) is 18.7. The Hall–Kier alpha value is -2.60. The molecule has 0 aliphatic rings. The molecule has 136 valence electrons. The summed E-state index contributed by atoms with van der Waals surface area (Å²) in [5.41, 5.74) is 1.86. The van der Waals surface area contributed by atoms with E-state index in [1.807, 2.05) is 18.2 Å². The van der Waals surface area contributed by atoms with Gasteiger partial charge in [0.1, 0.15) is 0 Å². The summed E-state index contributed by atoms with van der Waals surface area (Å²) in [4.78, 5) is 0. The molecule has 0 saturated heterocycles. The molecular weight excluding hydrogens is 324 g/mol. The molecule has 0 amide bonds. The van der Waals surface area contributed by atoms with E-state index in [9.17, 15) is 5.11 Å². The lowest BCUT2D eigenvalue weighted by Crippen LogP contribution is -2.07. The number of hydrogen-bond acceptors (Lipinski definition) is 6. The fourth-order valence-electron chi connectivity index (χ4n) is 2.66. The van der Waals surface area contributed by atoms with Gasteiger partial charge in [0.2, 0.25) is 5.75 Å². The Morgan fingerprint density at radius 3 is 1.80 bits per heavy atom. The number of aromatic hydroxyl groups is 1. The van der Waals surface area contributed by atoms with Gasteiger partial charge in [0.05, 0.1) is 34.5 Å². The Morgan fingerprint density at radius 2 is 1.32 bits per heavy atom. The maximum absolute atomic E-state index is 10.1. The van der Waals surface area contributed by atoms with Gasteiger partial charge in [-0.1, -0.05) is 6.07 Å². The highest BCUT2D eigenvalue weighted by Crippen LogP contribution is 2.40. The van der Waals surface area contributed by atoms with Crippen molar-refractivity contribution in [3.05, 3.63) is 41.5 Å². The second-order valence-corrected chi connectivity index (χ2v) is 5.39. The van der Waals surface area contributed by atoms with Crippen LogP contribution in [-0.2, 0) is 11.2 Å². The fourth-order valence-corrected chi connectivity index (χ4v) is 2.66. The minimum Gasteiger partial charge on any atom is -0.502 e. The summed E-state index contributed by atoms with van der Waals surface area (Å²) in [5.74, 6) is 1.98. The van der Waals surface area contributed by atoms with Gasteiger partial charge in [-0.25, -0.2) is 0 Å². The van der Waals surface area contributed by atoms with Crippen molar-refractivity contribution in [3.63, 3.8) is 0 Å². The topological polar surface area (TPSA) is 66.4 Å². The highest BCUT2D eigenvalue weighted by molar-refractivity contribution is 5.53. The van der Waals surface area contributed by atoms with Crippen LogP contribution in [0.1, 0.15) is 17.2 Å². The van der Waals surface area contributed by atoms with E-state index in [0.717, 1.165) is 11.1 Å². The van der Waals surface area contributed by atoms with Crippen molar-refractivity contribution in [1.82, 2.24) is 0 Å². The normalized spacial score (nSPS) is 11.7. The Bertz CT molecular complexity index is 688. The van der Waals surface area contributed by atoms with Crippen molar-refractivity contribution < 1.29 is 28.8 Å². The van der Waals surface area contributed by atoms with Gasteiger partial charge in [0, 0.05) is 13.5 Å². The predicted octanol–water partition coefficient (Wildman–Crippen LogP) is 3.36. The van der Waals surface area contributed by atoms with E-state index in [0.29, 0.717) is 29.4 Å². The summed E-state index contributed by atoms with van der Waals surface area (Å²) in [6.07, 6.45) is 0.356. The third kappa shape index (κ3) is 4.09. The second kappa shape index (κ2) is 8.48. The Balaban J connectivity index is 2.34. The molecule has 6 heteroatoms. The number of rotatable bonds is 8. The molecule has 2 aromatic rings. The quantitative estimate of drug-likeness (QED) is 0.789. The average molecular weight is 348 g/mol. The van der Waals surface area contributed by atoms with Crippen molar-refractivity contribution >= 4 is 0 Å². The molecule has 0 saturated carbocycles. The maximum Gasteiger partial charge on any atom is 0.200 e. The van der Waals surface area contributed by atoms with Crippen LogP contribution in [-0.4, -0.2) is 40.7 Å². The molecule has 0 radical (unpaired) electrons. The zero-order chi connectivity index (χ0) is 18.4. The Morgan fingerprint density at radius 1 is 0.760 bits per heavy atom. The molecule has 0 bridgehead atoms. The van der Waals surface area contributed by atoms with Gasteiger partial charge in [-0.2, -0.15) is 0 Å². The molecule has 1 atom stereocenters. The van der Waals surface area contributed by atoms with E-state index in [1.165, 1.54) is 14.2 Å². The standard InChI is InChI=1S/C19H24O6/c1-21-14-7-6-12(9-16(14)23-3)8-15(22-2)13-10-17(24-4)19(20)18(11-13)25-5/h6-7,9-11,15,20H,8H2,1-5H3. The van der Waals surface area contributed by atoms with E-state index in [4.69, 9.17) is 23.7 Å². The van der Waals surface area contributed by atoms with E-state index in [-0.39, 0.29) is 11.9 Å². The molecule has 0 aliphatic carbocycles. The van der Waals surface area contributed by atoms with Gasteiger partial charge < -0.3 is 28.8 Å². The lowest BCUT2D eigenvalue weighted by atomic mass is 10.00. The summed E-state index contributed by atoms with van der Waals surface area (Å²) >= 11 is 0. The number of hydrogen-bond donors (Lipinski definition) is 1. The van der Waals surface area contributed by atoms with Crippen molar-refractivity contribution in [3.8, 4) is 28.7 Å². The van der Waals surface area contributed by atoms with Crippen molar-refractivity contribution in [2.45, 2.75) is 12.5 Å². The highest BCUT2D eigenvalue weighted by atomic mass is 16.5. The summed E-state index contributed by atoms with van der Waals surface area (Å²) < 4.78 is 26.7. The van der Waals surface area contributed by atoms with Crippen LogP contribution in [0.4, 0.5) is 0 Å². The van der Waals surface area contributed by atoms with Gasteiger partial charge >= 0.3 is 0 Å². The molecule has 6 nitrogen and oxygen atoms in total. The van der Waals surface area contributed by atoms with E-state index in [2.05, 4.69) is 0 Å². The van der Waals surface area contributed by atoms with E-state index in [1.54, 1.807) is 33.5 Å². The van der Waals surface area contributed by atoms with Crippen LogP contribution < -0.4 is 18.9 Å². The van der Waals surface area contributed by atoms with Crippen LogP contribution >= 0.6 is 0 Å². The first-order valence-corrected chi connectivity index (χ1v) is 7.76. The molecule has 0 spiro atoms. The van der Waals surface area contributed by atoms with Crippen LogP contribution in [0.2, 0.25) is 0 Å². The molecule has 25 heavy (non-hydrogen) atoms. The fraction of sp³-hybridized carbons (Fsp3) is 0.368. The minimum absolute atomic E-state index is 0.0327. The smallest absolute Gasteiger partial charge is 0.200 e. The third-order valence-corrected chi connectivity index (χ3v) is 4.03. The Labute approximate surface area is 147 Å². The number of phenols is 1. The molecule has 0 aromatic heterocycles.